The van der Waals surface area contributed by atoms with Crippen molar-refractivity contribution in [3.05, 3.63) is 80.9 Å². The summed E-state index contributed by atoms with van der Waals surface area (Å²) in [6.45, 7) is 3.13. The number of rotatable bonds is 5. The van der Waals surface area contributed by atoms with Crippen molar-refractivity contribution in [1.29, 1.82) is 0 Å². The molecule has 0 unspecified atom stereocenters. The number of H-pyrrole nitrogens is 1. The summed E-state index contributed by atoms with van der Waals surface area (Å²) in [6, 6.07) is 14.2. The number of aryl methyl sites for hydroxylation is 1. The van der Waals surface area contributed by atoms with Gasteiger partial charge in [-0.3, -0.25) is 4.79 Å². The number of fused-ring (bicyclic) bond motifs is 1. The zero-order valence-corrected chi connectivity index (χ0v) is 20.1. The molecule has 0 atom stereocenters. The molecule has 176 valence electrons. The minimum absolute atomic E-state index is 0.0727. The molecular weight excluding hydrogens is 476 g/mol. The summed E-state index contributed by atoms with van der Waals surface area (Å²) in [5.74, 6) is 0.463. The average molecular weight is 499 g/mol. The highest BCUT2D eigenvalue weighted by Gasteiger charge is 2.31. The highest BCUT2D eigenvalue weighted by atomic mass is 35.5. The second kappa shape index (κ2) is 8.94. The van der Waals surface area contributed by atoms with Crippen LogP contribution in [0.1, 0.15) is 35.7 Å². The molecule has 0 bridgehead atoms. The first-order valence-corrected chi connectivity index (χ1v) is 12.8. The molecule has 34 heavy (non-hydrogen) atoms. The van der Waals surface area contributed by atoms with Crippen LogP contribution >= 0.6 is 11.6 Å². The third-order valence-electron chi connectivity index (χ3n) is 6.14. The van der Waals surface area contributed by atoms with Crippen molar-refractivity contribution >= 4 is 32.8 Å². The van der Waals surface area contributed by atoms with Gasteiger partial charge < -0.3 is 4.98 Å². The summed E-state index contributed by atoms with van der Waals surface area (Å²) in [5.41, 5.74) is 2.47. The summed E-state index contributed by atoms with van der Waals surface area (Å²) >= 11 is 5.89. The highest BCUT2D eigenvalue weighted by molar-refractivity contribution is 7.89. The Morgan fingerprint density at radius 3 is 2.41 bits per heavy atom. The minimum atomic E-state index is -3.60. The smallest absolute Gasteiger partial charge is 0.281 e. The van der Waals surface area contributed by atoms with E-state index in [0.717, 1.165) is 11.1 Å². The minimum Gasteiger partial charge on any atom is -0.308 e. The van der Waals surface area contributed by atoms with Gasteiger partial charge in [0.2, 0.25) is 10.0 Å². The molecule has 2 aromatic heterocycles. The van der Waals surface area contributed by atoms with Crippen molar-refractivity contribution in [1.82, 2.24) is 29.3 Å². The van der Waals surface area contributed by atoms with Gasteiger partial charge in [-0.05, 0) is 49.6 Å². The molecule has 0 saturated carbocycles. The summed E-state index contributed by atoms with van der Waals surface area (Å²) in [7, 11) is -3.60. The Labute approximate surface area is 201 Å². The fourth-order valence-corrected chi connectivity index (χ4v) is 5.77. The van der Waals surface area contributed by atoms with Gasteiger partial charge in [0.15, 0.2) is 11.2 Å². The molecule has 11 heteroatoms. The van der Waals surface area contributed by atoms with E-state index in [0.29, 0.717) is 49.0 Å². The van der Waals surface area contributed by atoms with Gasteiger partial charge in [0.1, 0.15) is 5.82 Å². The van der Waals surface area contributed by atoms with Crippen molar-refractivity contribution in [3.63, 3.8) is 0 Å². The van der Waals surface area contributed by atoms with Crippen LogP contribution in [0.5, 0.6) is 0 Å². The van der Waals surface area contributed by atoms with E-state index in [1.54, 1.807) is 16.8 Å². The van der Waals surface area contributed by atoms with E-state index in [1.807, 2.05) is 31.2 Å². The first kappa shape index (κ1) is 22.7. The number of hydrogen-bond donors (Lipinski definition) is 1. The summed E-state index contributed by atoms with van der Waals surface area (Å²) in [5, 5.41) is 8.63. The molecule has 1 aliphatic rings. The van der Waals surface area contributed by atoms with E-state index >= 15 is 0 Å². The monoisotopic (exact) mass is 498 g/mol. The van der Waals surface area contributed by atoms with Crippen LogP contribution in [0.4, 0.5) is 0 Å². The maximum Gasteiger partial charge on any atom is 0.281 e. The van der Waals surface area contributed by atoms with Crippen molar-refractivity contribution in [2.75, 3.05) is 13.1 Å². The zero-order chi connectivity index (χ0) is 23.9. The molecule has 0 spiro atoms. The van der Waals surface area contributed by atoms with Crippen LogP contribution in [-0.2, 0) is 16.6 Å². The normalized spacial score (nSPS) is 15.7. The SMILES string of the molecule is Cc1ccc(Cn2nnc3c(=O)[nH]c(C4CCN(S(=O)(=O)c5ccc(Cl)cc5)CC4)nc32)cc1. The van der Waals surface area contributed by atoms with Gasteiger partial charge >= 0.3 is 0 Å². The Bertz CT molecular complexity index is 1490. The van der Waals surface area contributed by atoms with E-state index in [9.17, 15) is 13.2 Å². The molecule has 0 amide bonds. The highest BCUT2D eigenvalue weighted by Crippen LogP contribution is 2.29. The second-order valence-electron chi connectivity index (χ2n) is 8.49. The lowest BCUT2D eigenvalue weighted by Gasteiger charge is -2.30. The Morgan fingerprint density at radius 2 is 1.74 bits per heavy atom. The molecule has 0 radical (unpaired) electrons. The topological polar surface area (TPSA) is 114 Å². The third-order valence-corrected chi connectivity index (χ3v) is 8.30. The molecule has 2 aromatic carbocycles. The van der Waals surface area contributed by atoms with Crippen LogP contribution in [0.15, 0.2) is 58.2 Å². The molecule has 1 saturated heterocycles. The number of nitrogens with one attached hydrogen (secondary N) is 1. The Morgan fingerprint density at radius 1 is 1.06 bits per heavy atom. The quantitative estimate of drug-likeness (QED) is 0.452. The number of piperidine rings is 1. The van der Waals surface area contributed by atoms with Crippen LogP contribution in [0.25, 0.3) is 11.2 Å². The van der Waals surface area contributed by atoms with Crippen molar-refractivity contribution in [2.45, 2.75) is 37.1 Å². The van der Waals surface area contributed by atoms with Crippen LogP contribution < -0.4 is 5.56 Å². The molecule has 9 nitrogen and oxygen atoms in total. The van der Waals surface area contributed by atoms with E-state index in [4.69, 9.17) is 11.6 Å². The lowest BCUT2D eigenvalue weighted by atomic mass is 9.97. The summed E-state index contributed by atoms with van der Waals surface area (Å²) in [6.07, 6.45) is 1.08. The van der Waals surface area contributed by atoms with Gasteiger partial charge in [0, 0.05) is 24.0 Å². The van der Waals surface area contributed by atoms with Gasteiger partial charge in [-0.15, -0.1) is 5.10 Å². The van der Waals surface area contributed by atoms with Gasteiger partial charge in [-0.25, -0.2) is 18.1 Å². The van der Waals surface area contributed by atoms with E-state index in [-0.39, 0.29) is 21.9 Å². The van der Waals surface area contributed by atoms with Gasteiger partial charge in [-0.2, -0.15) is 4.31 Å². The number of benzene rings is 2. The Hall–Kier alpha value is -3.08. The van der Waals surface area contributed by atoms with Crippen LogP contribution in [-0.4, -0.2) is 50.8 Å². The predicted octanol–water partition coefficient (Wildman–Crippen LogP) is 3.09. The number of hydrogen-bond acceptors (Lipinski definition) is 6. The molecule has 1 aliphatic heterocycles. The Balaban J connectivity index is 1.36. The predicted molar refractivity (Wildman–Crippen MR) is 128 cm³/mol. The molecule has 1 N–H and O–H groups in total. The largest absolute Gasteiger partial charge is 0.308 e. The molecular formula is C23H23ClN6O3S. The van der Waals surface area contributed by atoms with Gasteiger partial charge in [-0.1, -0.05) is 46.6 Å². The van der Waals surface area contributed by atoms with Crippen molar-refractivity contribution < 1.29 is 8.42 Å². The maximum atomic E-state index is 13.0. The molecule has 3 heterocycles. The van der Waals surface area contributed by atoms with E-state index < -0.39 is 10.0 Å². The summed E-state index contributed by atoms with van der Waals surface area (Å²) in [4.78, 5) is 20.4. The van der Waals surface area contributed by atoms with E-state index in [2.05, 4.69) is 20.3 Å². The molecule has 4 aromatic rings. The van der Waals surface area contributed by atoms with Crippen molar-refractivity contribution in [3.8, 4) is 0 Å². The lowest BCUT2D eigenvalue weighted by Crippen LogP contribution is -2.38. The number of aromatic nitrogens is 5. The summed E-state index contributed by atoms with van der Waals surface area (Å²) < 4.78 is 29.0. The number of halogens is 1. The second-order valence-corrected chi connectivity index (χ2v) is 10.9. The first-order chi connectivity index (χ1) is 16.3. The van der Waals surface area contributed by atoms with Crippen LogP contribution in [0, 0.1) is 6.92 Å². The average Bonchev–Trinajstić information content (AvgIpc) is 3.24. The number of sulfonamides is 1. The van der Waals surface area contributed by atoms with Crippen molar-refractivity contribution in [2.24, 2.45) is 0 Å². The molecule has 5 rings (SSSR count). The molecule has 0 aliphatic carbocycles. The van der Waals surface area contributed by atoms with Crippen LogP contribution in [0.2, 0.25) is 5.02 Å². The maximum absolute atomic E-state index is 13.0. The fraction of sp³-hybridized carbons (Fsp3) is 0.304. The first-order valence-electron chi connectivity index (χ1n) is 11.0. The third kappa shape index (κ3) is 4.36. The fourth-order valence-electron chi connectivity index (χ4n) is 4.17. The van der Waals surface area contributed by atoms with E-state index in [1.165, 1.54) is 16.4 Å². The number of nitrogens with zero attached hydrogens (tertiary/aromatic N) is 5. The Kier molecular flexibility index (Phi) is 5.97. The van der Waals surface area contributed by atoms with Gasteiger partial charge in [0.25, 0.3) is 5.56 Å². The lowest BCUT2D eigenvalue weighted by molar-refractivity contribution is 0.313. The van der Waals surface area contributed by atoms with Crippen LogP contribution in [0.3, 0.4) is 0 Å². The van der Waals surface area contributed by atoms with Gasteiger partial charge in [0.05, 0.1) is 11.4 Å². The number of aromatic amines is 1. The molecule has 1 fully saturated rings. The standard InChI is InChI=1S/C23H23ClN6O3S/c1-15-2-4-16(5-3-15)14-30-22-20(27-28-30)23(31)26-21(25-22)17-10-12-29(13-11-17)34(32,33)19-8-6-18(24)7-9-19/h2-9,17H,10-14H2,1H3,(H,25,26,31). The zero-order valence-electron chi connectivity index (χ0n) is 18.5.